The lowest BCUT2D eigenvalue weighted by molar-refractivity contribution is 0.598. The number of hydrogen-bond donors (Lipinski definition) is 1. The van der Waals surface area contributed by atoms with Crippen LogP contribution in [0.4, 0.5) is 0 Å². The standard InChI is InChI=1S/C10H13ClN2/c1-10(2)7(8(10)12)6-4-3-5-13-9(6)11/h3-5,7-8H,12H2,1-2H3/t7-,8-/m1/s1. The van der Waals surface area contributed by atoms with Gasteiger partial charge in [-0.25, -0.2) is 4.98 Å². The third-order valence-corrected chi connectivity index (χ3v) is 3.35. The van der Waals surface area contributed by atoms with Crippen molar-refractivity contribution in [3.8, 4) is 0 Å². The summed E-state index contributed by atoms with van der Waals surface area (Å²) in [7, 11) is 0. The van der Waals surface area contributed by atoms with Gasteiger partial charge in [0.1, 0.15) is 5.15 Å². The SMILES string of the molecule is CC1(C)[C@H](N)[C@H]1c1cccnc1Cl. The van der Waals surface area contributed by atoms with Crippen LogP contribution >= 0.6 is 11.6 Å². The van der Waals surface area contributed by atoms with E-state index in [9.17, 15) is 0 Å². The van der Waals surface area contributed by atoms with E-state index in [0.29, 0.717) is 11.1 Å². The van der Waals surface area contributed by atoms with Crippen molar-refractivity contribution in [3.63, 3.8) is 0 Å². The van der Waals surface area contributed by atoms with Crippen molar-refractivity contribution in [3.05, 3.63) is 29.0 Å². The molecule has 1 aromatic heterocycles. The van der Waals surface area contributed by atoms with E-state index >= 15 is 0 Å². The minimum atomic E-state index is 0.173. The van der Waals surface area contributed by atoms with Crippen LogP contribution < -0.4 is 5.73 Å². The maximum Gasteiger partial charge on any atom is 0.132 e. The highest BCUT2D eigenvalue weighted by molar-refractivity contribution is 6.30. The highest BCUT2D eigenvalue weighted by Crippen LogP contribution is 2.58. The van der Waals surface area contributed by atoms with E-state index < -0.39 is 0 Å². The zero-order valence-corrected chi connectivity index (χ0v) is 8.55. The van der Waals surface area contributed by atoms with Gasteiger partial charge in [-0.3, -0.25) is 0 Å². The molecule has 1 aliphatic carbocycles. The Hall–Kier alpha value is -0.600. The normalized spacial score (nSPS) is 30.2. The molecular formula is C10H13ClN2. The van der Waals surface area contributed by atoms with Crippen LogP contribution in [-0.4, -0.2) is 11.0 Å². The number of nitrogens with two attached hydrogens (primary N) is 1. The Morgan fingerprint density at radius 3 is 2.62 bits per heavy atom. The van der Waals surface area contributed by atoms with Crippen molar-refractivity contribution in [2.45, 2.75) is 25.8 Å². The van der Waals surface area contributed by atoms with Gasteiger partial charge in [0.05, 0.1) is 0 Å². The first-order valence-corrected chi connectivity index (χ1v) is 4.79. The van der Waals surface area contributed by atoms with Gasteiger partial charge in [0, 0.05) is 18.2 Å². The van der Waals surface area contributed by atoms with Gasteiger partial charge in [0.25, 0.3) is 0 Å². The lowest BCUT2D eigenvalue weighted by Crippen LogP contribution is -2.06. The molecule has 3 heteroatoms. The summed E-state index contributed by atoms with van der Waals surface area (Å²) in [5.74, 6) is 0.369. The first-order chi connectivity index (χ1) is 6.05. The Labute approximate surface area is 83.1 Å². The molecule has 0 aromatic carbocycles. The van der Waals surface area contributed by atoms with Crippen molar-refractivity contribution in [2.75, 3.05) is 0 Å². The molecule has 2 rings (SSSR count). The molecule has 0 bridgehead atoms. The fraction of sp³-hybridized carbons (Fsp3) is 0.500. The van der Waals surface area contributed by atoms with E-state index in [0.717, 1.165) is 5.56 Å². The van der Waals surface area contributed by atoms with E-state index in [4.69, 9.17) is 17.3 Å². The van der Waals surface area contributed by atoms with Crippen LogP contribution in [0.25, 0.3) is 0 Å². The van der Waals surface area contributed by atoms with E-state index in [1.807, 2.05) is 12.1 Å². The van der Waals surface area contributed by atoms with E-state index in [1.165, 1.54) is 0 Å². The van der Waals surface area contributed by atoms with E-state index in [-0.39, 0.29) is 11.5 Å². The minimum absolute atomic E-state index is 0.173. The topological polar surface area (TPSA) is 38.9 Å². The molecule has 0 spiro atoms. The Morgan fingerprint density at radius 1 is 1.54 bits per heavy atom. The summed E-state index contributed by atoms with van der Waals surface area (Å²) in [6, 6.07) is 4.13. The molecule has 13 heavy (non-hydrogen) atoms. The maximum absolute atomic E-state index is 5.99. The maximum atomic E-state index is 5.99. The minimum Gasteiger partial charge on any atom is -0.327 e. The van der Waals surface area contributed by atoms with E-state index in [1.54, 1.807) is 6.20 Å². The largest absolute Gasteiger partial charge is 0.327 e. The van der Waals surface area contributed by atoms with Crippen LogP contribution in [0.2, 0.25) is 5.15 Å². The van der Waals surface area contributed by atoms with Crippen LogP contribution in [0.5, 0.6) is 0 Å². The average molecular weight is 197 g/mol. The van der Waals surface area contributed by atoms with Gasteiger partial charge in [-0.05, 0) is 17.0 Å². The first kappa shape index (κ1) is 8.97. The van der Waals surface area contributed by atoms with Crippen LogP contribution in [0.3, 0.4) is 0 Å². The molecule has 70 valence electrons. The summed E-state index contributed by atoms with van der Waals surface area (Å²) in [5.41, 5.74) is 7.22. The summed E-state index contributed by atoms with van der Waals surface area (Å²) in [6.45, 7) is 4.32. The number of rotatable bonds is 1. The molecule has 0 aliphatic heterocycles. The number of aromatic nitrogens is 1. The zero-order valence-electron chi connectivity index (χ0n) is 7.79. The molecule has 1 aliphatic rings. The Balaban J connectivity index is 2.34. The number of halogens is 1. The molecule has 0 unspecified atom stereocenters. The van der Waals surface area contributed by atoms with Crippen molar-refractivity contribution < 1.29 is 0 Å². The quantitative estimate of drug-likeness (QED) is 0.700. The molecule has 1 fully saturated rings. The van der Waals surface area contributed by atoms with Crippen LogP contribution in [0, 0.1) is 5.41 Å². The predicted molar refractivity (Wildman–Crippen MR) is 53.7 cm³/mol. The highest BCUT2D eigenvalue weighted by atomic mass is 35.5. The molecule has 2 atom stereocenters. The summed E-state index contributed by atoms with van der Waals surface area (Å²) in [5, 5.41) is 0.591. The second kappa shape index (κ2) is 2.69. The van der Waals surface area contributed by atoms with Gasteiger partial charge in [-0.2, -0.15) is 0 Å². The fourth-order valence-corrected chi connectivity index (χ4v) is 2.14. The van der Waals surface area contributed by atoms with Crippen LogP contribution in [0.15, 0.2) is 18.3 Å². The summed E-state index contributed by atoms with van der Waals surface area (Å²) >= 11 is 5.99. The molecule has 0 amide bonds. The second-order valence-electron chi connectivity index (χ2n) is 4.21. The fourth-order valence-electron chi connectivity index (χ4n) is 1.90. The van der Waals surface area contributed by atoms with Crippen molar-refractivity contribution in [2.24, 2.45) is 11.1 Å². The summed E-state index contributed by atoms with van der Waals surface area (Å²) < 4.78 is 0. The lowest BCUT2D eigenvalue weighted by Gasteiger charge is -2.03. The van der Waals surface area contributed by atoms with Gasteiger partial charge < -0.3 is 5.73 Å². The first-order valence-electron chi connectivity index (χ1n) is 4.41. The highest BCUT2D eigenvalue weighted by Gasteiger charge is 2.56. The van der Waals surface area contributed by atoms with Crippen molar-refractivity contribution in [1.29, 1.82) is 0 Å². The van der Waals surface area contributed by atoms with Crippen molar-refractivity contribution >= 4 is 11.6 Å². The molecular weight excluding hydrogens is 184 g/mol. The van der Waals surface area contributed by atoms with Gasteiger partial charge in [-0.1, -0.05) is 31.5 Å². The average Bonchev–Trinajstić information content (AvgIpc) is 2.54. The predicted octanol–water partition coefficient (Wildman–Crippen LogP) is 2.19. The summed E-state index contributed by atoms with van der Waals surface area (Å²) in [6.07, 6.45) is 1.70. The smallest absolute Gasteiger partial charge is 0.132 e. The Morgan fingerprint density at radius 2 is 2.15 bits per heavy atom. The molecule has 0 radical (unpaired) electrons. The van der Waals surface area contributed by atoms with E-state index in [2.05, 4.69) is 18.8 Å². The second-order valence-corrected chi connectivity index (χ2v) is 4.57. The van der Waals surface area contributed by atoms with Gasteiger partial charge >= 0.3 is 0 Å². The third-order valence-electron chi connectivity index (χ3n) is 3.03. The summed E-state index contributed by atoms with van der Waals surface area (Å²) in [4.78, 5) is 4.05. The van der Waals surface area contributed by atoms with Crippen LogP contribution in [0.1, 0.15) is 25.3 Å². The molecule has 0 saturated heterocycles. The Kier molecular flexibility index (Phi) is 1.86. The zero-order chi connectivity index (χ0) is 9.64. The third kappa shape index (κ3) is 1.25. The molecule has 2 N–H and O–H groups in total. The lowest BCUT2D eigenvalue weighted by atomic mass is 10.1. The monoisotopic (exact) mass is 196 g/mol. The van der Waals surface area contributed by atoms with Gasteiger partial charge in [-0.15, -0.1) is 0 Å². The van der Waals surface area contributed by atoms with Crippen molar-refractivity contribution in [1.82, 2.24) is 4.98 Å². The number of nitrogens with zero attached hydrogens (tertiary/aromatic N) is 1. The molecule has 2 nitrogen and oxygen atoms in total. The van der Waals surface area contributed by atoms with Crippen LogP contribution in [-0.2, 0) is 0 Å². The number of hydrogen-bond acceptors (Lipinski definition) is 2. The molecule has 1 heterocycles. The Bertz CT molecular complexity index is 335. The molecule has 1 saturated carbocycles. The molecule has 1 aromatic rings. The number of pyridine rings is 1. The van der Waals surface area contributed by atoms with Gasteiger partial charge in [0.2, 0.25) is 0 Å². The van der Waals surface area contributed by atoms with Gasteiger partial charge in [0.15, 0.2) is 0 Å².